The first-order chi connectivity index (χ1) is 13.6. The minimum atomic E-state index is -0.303. The van der Waals surface area contributed by atoms with E-state index in [4.69, 9.17) is 4.74 Å². The largest absolute Gasteiger partial charge is 0.368 e. The van der Waals surface area contributed by atoms with E-state index < -0.39 is 0 Å². The Balaban J connectivity index is 1.34. The average molecular weight is 381 g/mol. The molecule has 4 heterocycles. The highest BCUT2D eigenvalue weighted by atomic mass is 16.5. The summed E-state index contributed by atoms with van der Waals surface area (Å²) in [7, 11) is 1.79. The number of para-hydroxylation sites is 1. The zero-order chi connectivity index (χ0) is 19.3. The number of fused-ring (bicyclic) bond motifs is 4. The van der Waals surface area contributed by atoms with Crippen molar-refractivity contribution in [3.05, 3.63) is 35.5 Å². The molecule has 2 fully saturated rings. The molecule has 1 aromatic carbocycles. The third kappa shape index (κ3) is 2.73. The molecule has 3 aliphatic rings. The van der Waals surface area contributed by atoms with Crippen LogP contribution in [0.4, 0.5) is 0 Å². The third-order valence-electron chi connectivity index (χ3n) is 6.86. The molecule has 1 N–H and O–H groups in total. The van der Waals surface area contributed by atoms with E-state index in [9.17, 15) is 9.59 Å². The lowest BCUT2D eigenvalue weighted by molar-refractivity contribution is -0.148. The van der Waals surface area contributed by atoms with Gasteiger partial charge in [-0.3, -0.25) is 9.59 Å². The van der Waals surface area contributed by atoms with Crippen LogP contribution in [0.25, 0.3) is 10.9 Å². The Morgan fingerprint density at radius 1 is 1.21 bits per heavy atom. The van der Waals surface area contributed by atoms with E-state index in [-0.39, 0.29) is 23.3 Å². The number of hydrogen-bond donors (Lipinski definition) is 1. The summed E-state index contributed by atoms with van der Waals surface area (Å²) < 4.78 is 6.35. The summed E-state index contributed by atoms with van der Waals surface area (Å²) in [5.41, 5.74) is 3.47. The van der Waals surface area contributed by atoms with Crippen molar-refractivity contribution in [3.63, 3.8) is 0 Å². The van der Waals surface area contributed by atoms with Gasteiger partial charge in [0.1, 0.15) is 5.60 Å². The molecule has 1 spiro atoms. The van der Waals surface area contributed by atoms with Gasteiger partial charge in [-0.05, 0) is 37.3 Å². The Labute approximate surface area is 164 Å². The van der Waals surface area contributed by atoms with Gasteiger partial charge in [-0.1, -0.05) is 18.2 Å². The van der Waals surface area contributed by atoms with Crippen LogP contribution in [-0.4, -0.2) is 59.9 Å². The van der Waals surface area contributed by atoms with E-state index in [1.165, 1.54) is 22.2 Å². The molecule has 0 saturated carbocycles. The van der Waals surface area contributed by atoms with E-state index >= 15 is 0 Å². The van der Waals surface area contributed by atoms with Crippen molar-refractivity contribution in [1.82, 2.24) is 14.8 Å². The summed E-state index contributed by atoms with van der Waals surface area (Å²) >= 11 is 0. The van der Waals surface area contributed by atoms with Gasteiger partial charge in [-0.2, -0.15) is 0 Å². The molecule has 6 nitrogen and oxygen atoms in total. The monoisotopic (exact) mass is 381 g/mol. The molecule has 2 amide bonds. The molecule has 2 aromatic rings. The van der Waals surface area contributed by atoms with Gasteiger partial charge in [0.2, 0.25) is 11.8 Å². The van der Waals surface area contributed by atoms with Crippen LogP contribution >= 0.6 is 0 Å². The zero-order valence-electron chi connectivity index (χ0n) is 16.4. The molecule has 0 aliphatic carbocycles. The molecule has 1 unspecified atom stereocenters. The standard InChI is InChI=1S/C22H27N3O3/c1-24-14-15(6-7-19(24)26)21(27)25-11-9-22(10-12-25)20-17(8-13-28-22)16-4-2-3-5-18(16)23-20/h2-5,15,23H,6-14H2,1H3. The number of H-pyrrole nitrogens is 1. The highest BCUT2D eigenvalue weighted by Crippen LogP contribution is 2.43. The van der Waals surface area contributed by atoms with Gasteiger partial charge in [-0.15, -0.1) is 0 Å². The summed E-state index contributed by atoms with van der Waals surface area (Å²) in [5, 5.41) is 1.30. The maximum Gasteiger partial charge on any atom is 0.227 e. The molecule has 1 aromatic heterocycles. The van der Waals surface area contributed by atoms with Crippen molar-refractivity contribution in [2.24, 2.45) is 5.92 Å². The lowest BCUT2D eigenvalue weighted by atomic mass is 9.82. The fourth-order valence-electron chi connectivity index (χ4n) is 5.22. The first-order valence-electron chi connectivity index (χ1n) is 10.3. The number of nitrogens with one attached hydrogen (secondary N) is 1. The molecular formula is C22H27N3O3. The SMILES string of the molecule is CN1CC(C(=O)N2CCC3(CC2)OCCc2c3[nH]c3ccccc23)CCC1=O. The summed E-state index contributed by atoms with van der Waals surface area (Å²) in [6.07, 6.45) is 3.73. The number of aromatic amines is 1. The maximum absolute atomic E-state index is 13.0. The second-order valence-corrected chi connectivity index (χ2v) is 8.45. The topological polar surface area (TPSA) is 65.6 Å². The molecule has 1 atom stereocenters. The molecule has 0 bridgehead atoms. The van der Waals surface area contributed by atoms with Gasteiger partial charge >= 0.3 is 0 Å². The van der Waals surface area contributed by atoms with E-state index in [2.05, 4.69) is 29.2 Å². The Bertz CT molecular complexity index is 926. The molecule has 3 aliphatic heterocycles. The van der Waals surface area contributed by atoms with Crippen LogP contribution < -0.4 is 0 Å². The summed E-state index contributed by atoms with van der Waals surface area (Å²) in [6, 6.07) is 8.46. The molecule has 5 rings (SSSR count). The minimum absolute atomic E-state index is 0.0624. The minimum Gasteiger partial charge on any atom is -0.368 e. The van der Waals surface area contributed by atoms with Crippen LogP contribution in [-0.2, 0) is 26.3 Å². The van der Waals surface area contributed by atoms with Crippen LogP contribution in [0.5, 0.6) is 0 Å². The van der Waals surface area contributed by atoms with E-state index in [0.717, 1.165) is 25.9 Å². The van der Waals surface area contributed by atoms with Gasteiger partial charge in [0.05, 0.1) is 18.2 Å². The maximum atomic E-state index is 13.0. The van der Waals surface area contributed by atoms with Crippen molar-refractivity contribution in [2.45, 2.75) is 37.7 Å². The van der Waals surface area contributed by atoms with Gasteiger partial charge in [0.25, 0.3) is 0 Å². The van der Waals surface area contributed by atoms with Gasteiger partial charge in [-0.25, -0.2) is 0 Å². The number of likely N-dealkylation sites (tertiary alicyclic amines) is 2. The first-order valence-corrected chi connectivity index (χ1v) is 10.3. The number of hydrogen-bond acceptors (Lipinski definition) is 3. The van der Waals surface area contributed by atoms with Crippen LogP contribution in [0, 0.1) is 5.92 Å². The number of amides is 2. The second-order valence-electron chi connectivity index (χ2n) is 8.45. The number of aromatic nitrogens is 1. The molecule has 148 valence electrons. The summed E-state index contributed by atoms with van der Waals surface area (Å²) in [6.45, 7) is 2.70. The van der Waals surface area contributed by atoms with Crippen molar-refractivity contribution in [3.8, 4) is 0 Å². The van der Waals surface area contributed by atoms with Crippen LogP contribution in [0.2, 0.25) is 0 Å². The van der Waals surface area contributed by atoms with Gasteiger partial charge < -0.3 is 19.5 Å². The lowest BCUT2D eigenvalue weighted by Crippen LogP contribution is -2.52. The number of carbonyl (C=O) groups excluding carboxylic acids is 2. The average Bonchev–Trinajstić information content (AvgIpc) is 3.11. The fourth-order valence-corrected chi connectivity index (χ4v) is 5.22. The molecule has 28 heavy (non-hydrogen) atoms. The van der Waals surface area contributed by atoms with Crippen molar-refractivity contribution in [2.75, 3.05) is 33.3 Å². The fraction of sp³-hybridized carbons (Fsp3) is 0.545. The number of ether oxygens (including phenoxy) is 1. The third-order valence-corrected chi connectivity index (χ3v) is 6.86. The van der Waals surface area contributed by atoms with Crippen molar-refractivity contribution in [1.29, 1.82) is 0 Å². The van der Waals surface area contributed by atoms with E-state index in [1.807, 2.05) is 4.90 Å². The number of carbonyl (C=O) groups is 2. The second kappa shape index (κ2) is 6.62. The normalized spacial score (nSPS) is 24.6. The Kier molecular flexibility index (Phi) is 4.19. The quantitative estimate of drug-likeness (QED) is 0.825. The highest BCUT2D eigenvalue weighted by Gasteiger charge is 2.44. The smallest absolute Gasteiger partial charge is 0.227 e. The van der Waals surface area contributed by atoms with Crippen molar-refractivity contribution < 1.29 is 14.3 Å². The Morgan fingerprint density at radius 2 is 2.00 bits per heavy atom. The van der Waals surface area contributed by atoms with Crippen LogP contribution in [0.15, 0.2) is 24.3 Å². The summed E-state index contributed by atoms with van der Waals surface area (Å²) in [4.78, 5) is 32.0. The van der Waals surface area contributed by atoms with Gasteiger partial charge in [0, 0.05) is 44.0 Å². The first kappa shape index (κ1) is 17.7. The molecular weight excluding hydrogens is 354 g/mol. The van der Waals surface area contributed by atoms with Crippen molar-refractivity contribution >= 4 is 22.7 Å². The lowest BCUT2D eigenvalue weighted by Gasteiger charge is -2.44. The number of rotatable bonds is 1. The predicted molar refractivity (Wildman–Crippen MR) is 106 cm³/mol. The van der Waals surface area contributed by atoms with Gasteiger partial charge in [0.15, 0.2) is 0 Å². The van der Waals surface area contributed by atoms with Crippen LogP contribution in [0.3, 0.4) is 0 Å². The predicted octanol–water partition coefficient (Wildman–Crippen LogP) is 2.43. The summed E-state index contributed by atoms with van der Waals surface area (Å²) in [5.74, 6) is 0.276. The Hall–Kier alpha value is -2.34. The Morgan fingerprint density at radius 3 is 2.79 bits per heavy atom. The molecule has 6 heteroatoms. The highest BCUT2D eigenvalue weighted by molar-refractivity contribution is 5.86. The zero-order valence-corrected chi connectivity index (χ0v) is 16.4. The van der Waals surface area contributed by atoms with Crippen LogP contribution in [0.1, 0.15) is 36.9 Å². The number of benzene rings is 1. The number of piperidine rings is 2. The number of nitrogens with zero attached hydrogens (tertiary/aromatic N) is 2. The van der Waals surface area contributed by atoms with E-state index in [0.29, 0.717) is 32.5 Å². The molecule has 0 radical (unpaired) electrons. The molecule has 2 saturated heterocycles. The van der Waals surface area contributed by atoms with E-state index in [1.54, 1.807) is 11.9 Å².